The molecule has 0 aliphatic carbocycles. The average molecular weight is 444 g/mol. The van der Waals surface area contributed by atoms with Gasteiger partial charge in [0.2, 0.25) is 0 Å². The normalized spacial score (nSPS) is 12.7. The fourth-order valence-corrected chi connectivity index (χ4v) is 3.42. The molecule has 0 aliphatic rings. The van der Waals surface area contributed by atoms with Crippen molar-refractivity contribution < 1.29 is 8.78 Å². The summed E-state index contributed by atoms with van der Waals surface area (Å²) < 4.78 is 28.8. The van der Waals surface area contributed by atoms with E-state index in [1.807, 2.05) is 11.4 Å². The molecule has 1 unspecified atom stereocenters. The largest absolute Gasteiger partial charge is 0.324 e. The molecule has 1 aromatic heterocycles. The maximum Gasteiger partial charge on any atom is 0.143 e. The minimum absolute atomic E-state index is 0.0260. The lowest BCUT2D eigenvalue weighted by atomic mass is 10.0. The second kappa shape index (κ2) is 5.94. The average Bonchev–Trinajstić information content (AvgIpc) is 2.76. The van der Waals surface area contributed by atoms with E-state index in [1.165, 1.54) is 12.1 Å². The highest BCUT2D eigenvalue weighted by atomic mass is 127. The zero-order valence-electron chi connectivity index (χ0n) is 9.09. The Bertz CT molecular complexity index is 573. The molecule has 1 atom stereocenters. The highest BCUT2D eigenvalue weighted by Gasteiger charge is 2.17. The monoisotopic (exact) mass is 443 g/mol. The van der Waals surface area contributed by atoms with Crippen LogP contribution in [0.2, 0.25) is 0 Å². The number of hydrogen-bond acceptors (Lipinski definition) is 2. The van der Waals surface area contributed by atoms with E-state index in [-0.39, 0.29) is 16.5 Å². The molecule has 0 bridgehead atoms. The molecule has 0 fully saturated rings. The molecule has 0 saturated heterocycles. The van der Waals surface area contributed by atoms with Crippen LogP contribution < -0.4 is 5.73 Å². The Hall–Kier alpha value is -0.0500. The number of nitrogens with two attached hydrogens (primary N) is 1. The van der Waals surface area contributed by atoms with E-state index in [1.54, 1.807) is 11.3 Å². The van der Waals surface area contributed by atoms with Crippen LogP contribution in [0.5, 0.6) is 0 Å². The van der Waals surface area contributed by atoms with Gasteiger partial charge in [-0.3, -0.25) is 0 Å². The smallest absolute Gasteiger partial charge is 0.143 e. The minimum Gasteiger partial charge on any atom is -0.324 e. The van der Waals surface area contributed by atoms with Gasteiger partial charge in [0.25, 0.3) is 0 Å². The summed E-state index contributed by atoms with van der Waals surface area (Å²) in [7, 11) is 0. The number of benzene rings is 1. The molecule has 0 saturated carbocycles. The van der Waals surface area contributed by atoms with Gasteiger partial charge in [-0.05, 0) is 74.1 Å². The van der Waals surface area contributed by atoms with Crippen molar-refractivity contribution in [3.05, 3.63) is 53.7 Å². The predicted octanol–water partition coefficient (Wildman–Crippen LogP) is 4.64. The molecule has 1 nitrogen and oxygen atoms in total. The van der Waals surface area contributed by atoms with Crippen LogP contribution in [0, 0.1) is 14.5 Å². The van der Waals surface area contributed by atoms with Gasteiger partial charge in [-0.15, -0.1) is 11.3 Å². The fraction of sp³-hybridized carbons (Fsp3) is 0.167. The first-order valence-electron chi connectivity index (χ1n) is 5.11. The summed E-state index contributed by atoms with van der Waals surface area (Å²) in [5, 5.41) is 1.92. The topological polar surface area (TPSA) is 26.0 Å². The molecule has 1 heterocycles. The maximum absolute atomic E-state index is 13.8. The number of rotatable bonds is 3. The molecule has 96 valence electrons. The first kappa shape index (κ1) is 14.4. The summed E-state index contributed by atoms with van der Waals surface area (Å²) in [5.41, 5.74) is 6.91. The first-order valence-corrected chi connectivity index (χ1v) is 7.86. The Balaban J connectivity index is 2.27. The van der Waals surface area contributed by atoms with Crippen molar-refractivity contribution in [3.8, 4) is 0 Å². The van der Waals surface area contributed by atoms with Crippen molar-refractivity contribution in [3.63, 3.8) is 0 Å². The molecule has 0 amide bonds. The van der Waals surface area contributed by atoms with Crippen molar-refractivity contribution in [2.45, 2.75) is 12.5 Å². The fourth-order valence-electron chi connectivity index (χ4n) is 1.61. The van der Waals surface area contributed by atoms with Gasteiger partial charge in [0, 0.05) is 11.6 Å². The lowest BCUT2D eigenvalue weighted by Crippen LogP contribution is -2.14. The lowest BCUT2D eigenvalue weighted by Gasteiger charge is -2.12. The first-order chi connectivity index (χ1) is 8.49. The van der Waals surface area contributed by atoms with Gasteiger partial charge < -0.3 is 5.73 Å². The van der Waals surface area contributed by atoms with Crippen LogP contribution in [0.3, 0.4) is 0 Å². The summed E-state index contributed by atoms with van der Waals surface area (Å²) >= 11 is 6.80. The Labute approximate surface area is 130 Å². The van der Waals surface area contributed by atoms with E-state index >= 15 is 0 Å². The van der Waals surface area contributed by atoms with Crippen LogP contribution in [0.15, 0.2) is 28.1 Å². The van der Waals surface area contributed by atoms with Gasteiger partial charge in [0.1, 0.15) is 11.6 Å². The van der Waals surface area contributed by atoms with E-state index < -0.39 is 17.7 Å². The van der Waals surface area contributed by atoms with Crippen LogP contribution in [0.4, 0.5) is 8.78 Å². The maximum atomic E-state index is 13.8. The van der Waals surface area contributed by atoms with Crippen LogP contribution in [-0.2, 0) is 6.42 Å². The summed E-state index contributed by atoms with van der Waals surface area (Å²) in [6.07, 6.45) is 0.143. The zero-order valence-corrected chi connectivity index (χ0v) is 13.7. The Morgan fingerprint density at radius 3 is 2.72 bits per heavy atom. The number of thiophene rings is 1. The third-order valence-electron chi connectivity index (χ3n) is 2.58. The summed E-state index contributed by atoms with van der Waals surface area (Å²) in [4.78, 5) is 0. The number of hydrogen-bond donors (Lipinski definition) is 1. The summed E-state index contributed by atoms with van der Waals surface area (Å²) in [5.74, 6) is -1.13. The molecule has 2 N–H and O–H groups in total. The van der Waals surface area contributed by atoms with Gasteiger partial charge in [-0.25, -0.2) is 8.78 Å². The van der Waals surface area contributed by atoms with E-state index in [0.717, 1.165) is 8.45 Å². The van der Waals surface area contributed by atoms with Gasteiger partial charge in [0.05, 0.1) is 7.36 Å². The highest BCUT2D eigenvalue weighted by Crippen LogP contribution is 2.27. The molecular weight excluding hydrogens is 435 g/mol. The van der Waals surface area contributed by atoms with Gasteiger partial charge in [-0.2, -0.15) is 0 Å². The lowest BCUT2D eigenvalue weighted by molar-refractivity contribution is 0.536. The SMILES string of the molecule is NC(Cc1c(F)ccc(Br)c1F)c1csc(I)c1. The van der Waals surface area contributed by atoms with Gasteiger partial charge >= 0.3 is 0 Å². The van der Waals surface area contributed by atoms with E-state index in [2.05, 4.69) is 38.5 Å². The molecule has 0 spiro atoms. The Morgan fingerprint density at radius 2 is 2.11 bits per heavy atom. The highest BCUT2D eigenvalue weighted by molar-refractivity contribution is 14.1. The molecule has 18 heavy (non-hydrogen) atoms. The molecular formula is C12H9BrF2INS. The molecule has 2 aromatic rings. The van der Waals surface area contributed by atoms with E-state index in [0.29, 0.717) is 0 Å². The van der Waals surface area contributed by atoms with Crippen molar-refractivity contribution >= 4 is 49.9 Å². The van der Waals surface area contributed by atoms with Gasteiger partial charge in [0.15, 0.2) is 0 Å². The molecule has 2 rings (SSSR count). The van der Waals surface area contributed by atoms with E-state index in [9.17, 15) is 8.78 Å². The van der Waals surface area contributed by atoms with Crippen molar-refractivity contribution in [2.24, 2.45) is 5.73 Å². The quantitative estimate of drug-likeness (QED) is 0.543. The van der Waals surface area contributed by atoms with Crippen molar-refractivity contribution in [1.29, 1.82) is 0 Å². The summed E-state index contributed by atoms with van der Waals surface area (Å²) in [6, 6.07) is 4.13. The van der Waals surface area contributed by atoms with Crippen molar-refractivity contribution in [1.82, 2.24) is 0 Å². The third-order valence-corrected chi connectivity index (χ3v) is 5.00. The van der Waals surface area contributed by atoms with E-state index in [4.69, 9.17) is 5.73 Å². The summed E-state index contributed by atoms with van der Waals surface area (Å²) in [6.45, 7) is 0. The second-order valence-corrected chi connectivity index (χ2v) is 7.48. The van der Waals surface area contributed by atoms with Gasteiger partial charge in [-0.1, -0.05) is 0 Å². The number of halogens is 4. The standard InChI is InChI=1S/C12H9BrF2INS/c13-8-1-2-9(14)7(12(8)15)4-10(17)6-3-11(16)18-5-6/h1-3,5,10H,4,17H2. The molecule has 6 heteroatoms. The van der Waals surface area contributed by atoms with Crippen LogP contribution in [-0.4, -0.2) is 0 Å². The third kappa shape index (κ3) is 3.09. The Morgan fingerprint density at radius 1 is 1.39 bits per heavy atom. The van der Waals surface area contributed by atoms with Crippen molar-refractivity contribution in [2.75, 3.05) is 0 Å². The predicted molar refractivity (Wildman–Crippen MR) is 81.7 cm³/mol. The molecule has 0 aliphatic heterocycles. The Kier molecular flexibility index (Phi) is 4.74. The zero-order chi connectivity index (χ0) is 13.3. The molecule has 1 aromatic carbocycles. The van der Waals surface area contributed by atoms with Crippen LogP contribution in [0.1, 0.15) is 17.2 Å². The second-order valence-electron chi connectivity index (χ2n) is 3.82. The minimum atomic E-state index is -0.574. The molecule has 0 radical (unpaired) electrons. The van der Waals surface area contributed by atoms with Crippen LogP contribution in [0.25, 0.3) is 0 Å². The van der Waals surface area contributed by atoms with Crippen LogP contribution >= 0.6 is 49.9 Å².